The Kier molecular flexibility index (Phi) is 4.49. The maximum atomic E-state index is 12.0. The first-order chi connectivity index (χ1) is 8.80. The lowest BCUT2D eigenvalue weighted by Gasteiger charge is -2.18. The Morgan fingerprint density at radius 3 is 2.58 bits per heavy atom. The fourth-order valence-corrected chi connectivity index (χ4v) is 1.55. The van der Waals surface area contributed by atoms with Gasteiger partial charge in [-0.05, 0) is 24.8 Å². The first-order valence-corrected chi connectivity index (χ1v) is 6.17. The van der Waals surface area contributed by atoms with E-state index in [-0.39, 0.29) is 22.4 Å². The predicted molar refractivity (Wildman–Crippen MR) is 73.7 cm³/mol. The molecule has 0 saturated carbocycles. The number of allylic oxidation sites excluding steroid dienone is 1. The zero-order valence-electron chi connectivity index (χ0n) is 11.8. The molecule has 5 heteroatoms. The van der Waals surface area contributed by atoms with Crippen molar-refractivity contribution in [3.8, 4) is 11.8 Å². The van der Waals surface area contributed by atoms with E-state index in [9.17, 15) is 9.90 Å². The first kappa shape index (κ1) is 15.0. The summed E-state index contributed by atoms with van der Waals surface area (Å²) in [4.78, 5) is 12.0. The molecule has 0 bridgehead atoms. The van der Waals surface area contributed by atoms with Gasteiger partial charge in [0.15, 0.2) is 11.3 Å². The molecule has 0 aliphatic heterocycles. The van der Waals surface area contributed by atoms with Gasteiger partial charge in [-0.25, -0.2) is 4.68 Å². The van der Waals surface area contributed by atoms with E-state index in [0.29, 0.717) is 6.54 Å². The topological polar surface area (TPSA) is 78.9 Å². The molecule has 1 N–H and O–H groups in total. The molecular formula is C14H19N3O2. The van der Waals surface area contributed by atoms with Crippen LogP contribution in [0.15, 0.2) is 10.9 Å². The van der Waals surface area contributed by atoms with Gasteiger partial charge < -0.3 is 5.11 Å². The van der Waals surface area contributed by atoms with Gasteiger partial charge in [-0.1, -0.05) is 26.8 Å². The monoisotopic (exact) mass is 261 g/mol. The Morgan fingerprint density at radius 2 is 2.11 bits per heavy atom. The van der Waals surface area contributed by atoms with Gasteiger partial charge in [0.2, 0.25) is 0 Å². The van der Waals surface area contributed by atoms with Crippen molar-refractivity contribution in [2.75, 3.05) is 0 Å². The van der Waals surface area contributed by atoms with Crippen LogP contribution in [-0.2, 0) is 6.54 Å². The van der Waals surface area contributed by atoms with Gasteiger partial charge in [-0.15, -0.1) is 0 Å². The lowest BCUT2D eigenvalue weighted by atomic mass is 9.92. The van der Waals surface area contributed by atoms with Crippen molar-refractivity contribution in [3.63, 3.8) is 0 Å². The van der Waals surface area contributed by atoms with Gasteiger partial charge in [-0.2, -0.15) is 10.4 Å². The molecule has 0 aliphatic carbocycles. The Balaban J connectivity index is 3.30. The molecule has 102 valence electrons. The average Bonchev–Trinajstić information content (AvgIpc) is 2.31. The van der Waals surface area contributed by atoms with Crippen molar-refractivity contribution in [1.29, 1.82) is 5.26 Å². The van der Waals surface area contributed by atoms with Crippen molar-refractivity contribution in [1.82, 2.24) is 9.78 Å². The number of hydrogen-bond donors (Lipinski definition) is 1. The molecule has 0 spiro atoms. The van der Waals surface area contributed by atoms with Crippen molar-refractivity contribution >= 4 is 6.08 Å². The summed E-state index contributed by atoms with van der Waals surface area (Å²) in [5, 5.41) is 22.9. The van der Waals surface area contributed by atoms with Gasteiger partial charge in [0, 0.05) is 6.54 Å². The normalized spacial score (nSPS) is 11.7. The van der Waals surface area contributed by atoms with Crippen LogP contribution in [0.4, 0.5) is 0 Å². The maximum Gasteiger partial charge on any atom is 0.288 e. The number of aryl methyl sites for hydroxylation is 1. The van der Waals surface area contributed by atoms with Crippen LogP contribution in [0.25, 0.3) is 6.08 Å². The second-order valence-electron chi connectivity index (χ2n) is 5.56. The third kappa shape index (κ3) is 3.68. The van der Waals surface area contributed by atoms with Crippen LogP contribution in [0.1, 0.15) is 45.4 Å². The smallest absolute Gasteiger partial charge is 0.288 e. The highest BCUT2D eigenvalue weighted by molar-refractivity contribution is 5.56. The van der Waals surface area contributed by atoms with E-state index < -0.39 is 5.56 Å². The number of nitrogens with zero attached hydrogens (tertiary/aromatic N) is 3. The van der Waals surface area contributed by atoms with Gasteiger partial charge in [-0.3, -0.25) is 4.79 Å². The van der Waals surface area contributed by atoms with Crippen LogP contribution in [0.5, 0.6) is 5.75 Å². The fraction of sp³-hybridized carbons (Fsp3) is 0.500. The number of aromatic hydroxyl groups is 1. The lowest BCUT2D eigenvalue weighted by Crippen LogP contribution is -2.28. The minimum absolute atomic E-state index is 0.0621. The highest BCUT2D eigenvalue weighted by atomic mass is 16.3. The Morgan fingerprint density at radius 1 is 1.47 bits per heavy atom. The summed E-state index contributed by atoms with van der Waals surface area (Å²) >= 11 is 0. The Hall–Kier alpha value is -2.09. The molecule has 0 aliphatic rings. The lowest BCUT2D eigenvalue weighted by molar-refractivity contribution is 0.334. The van der Waals surface area contributed by atoms with Crippen LogP contribution in [0, 0.1) is 16.7 Å². The molecule has 5 nitrogen and oxygen atoms in total. The van der Waals surface area contributed by atoms with Crippen molar-refractivity contribution in [2.45, 2.75) is 40.7 Å². The highest BCUT2D eigenvalue weighted by Gasteiger charge is 2.17. The van der Waals surface area contributed by atoms with Crippen LogP contribution >= 0.6 is 0 Å². The molecule has 0 radical (unpaired) electrons. The number of aromatic nitrogens is 2. The highest BCUT2D eigenvalue weighted by Crippen LogP contribution is 2.21. The maximum absolute atomic E-state index is 12.0. The van der Waals surface area contributed by atoms with E-state index in [1.54, 1.807) is 25.1 Å². The molecule has 0 amide bonds. The van der Waals surface area contributed by atoms with Gasteiger partial charge >= 0.3 is 0 Å². The van der Waals surface area contributed by atoms with Crippen LogP contribution in [0.2, 0.25) is 0 Å². The van der Waals surface area contributed by atoms with E-state index in [4.69, 9.17) is 5.26 Å². The summed E-state index contributed by atoms with van der Waals surface area (Å²) < 4.78 is 1.25. The second kappa shape index (κ2) is 5.70. The van der Waals surface area contributed by atoms with E-state index >= 15 is 0 Å². The molecular weight excluding hydrogens is 242 g/mol. The SMILES string of the molecule is C/C=C\c1nn(CCC(C)(C)C)c(=O)c(C#N)c1O. The summed E-state index contributed by atoms with van der Waals surface area (Å²) in [6.45, 7) is 8.39. The van der Waals surface area contributed by atoms with E-state index in [1.165, 1.54) is 4.68 Å². The molecule has 0 saturated heterocycles. The van der Waals surface area contributed by atoms with Crippen LogP contribution in [-0.4, -0.2) is 14.9 Å². The van der Waals surface area contributed by atoms with Gasteiger partial charge in [0.05, 0.1) is 0 Å². The Bertz CT molecular complexity index is 586. The molecule has 1 aromatic heterocycles. The standard InChI is InChI=1S/C14H19N3O2/c1-5-6-11-12(18)10(9-15)13(19)17(16-11)8-7-14(2,3)4/h5-6,18H,7-8H2,1-4H3/b6-5-. The molecule has 0 fully saturated rings. The Labute approximate surface area is 112 Å². The summed E-state index contributed by atoms with van der Waals surface area (Å²) in [5.74, 6) is -0.349. The van der Waals surface area contributed by atoms with Gasteiger partial charge in [0.1, 0.15) is 11.8 Å². The van der Waals surface area contributed by atoms with E-state index in [0.717, 1.165) is 6.42 Å². The average molecular weight is 261 g/mol. The number of nitriles is 1. The quantitative estimate of drug-likeness (QED) is 0.905. The number of rotatable bonds is 3. The third-order valence-electron chi connectivity index (χ3n) is 2.67. The van der Waals surface area contributed by atoms with Crippen molar-refractivity contribution < 1.29 is 5.11 Å². The molecule has 19 heavy (non-hydrogen) atoms. The molecule has 1 aromatic rings. The summed E-state index contributed by atoms with van der Waals surface area (Å²) in [7, 11) is 0. The molecule has 0 atom stereocenters. The summed E-state index contributed by atoms with van der Waals surface area (Å²) in [6, 6.07) is 1.74. The zero-order valence-corrected chi connectivity index (χ0v) is 11.8. The van der Waals surface area contributed by atoms with Crippen molar-refractivity contribution in [2.24, 2.45) is 5.41 Å². The molecule has 1 rings (SSSR count). The van der Waals surface area contributed by atoms with E-state index in [1.807, 2.05) is 0 Å². The first-order valence-electron chi connectivity index (χ1n) is 6.17. The molecule has 0 aromatic carbocycles. The van der Waals surface area contributed by atoms with Crippen LogP contribution < -0.4 is 5.56 Å². The zero-order chi connectivity index (χ0) is 14.6. The minimum Gasteiger partial charge on any atom is -0.504 e. The predicted octanol–water partition coefficient (Wildman–Crippen LogP) is 2.29. The largest absolute Gasteiger partial charge is 0.504 e. The van der Waals surface area contributed by atoms with Gasteiger partial charge in [0.25, 0.3) is 5.56 Å². The summed E-state index contributed by atoms with van der Waals surface area (Å²) in [6.07, 6.45) is 4.02. The third-order valence-corrected chi connectivity index (χ3v) is 2.67. The van der Waals surface area contributed by atoms with Crippen molar-refractivity contribution in [3.05, 3.63) is 27.7 Å². The fourth-order valence-electron chi connectivity index (χ4n) is 1.55. The minimum atomic E-state index is -0.544. The van der Waals surface area contributed by atoms with E-state index in [2.05, 4.69) is 25.9 Å². The van der Waals surface area contributed by atoms with Crippen LogP contribution in [0.3, 0.4) is 0 Å². The summed E-state index contributed by atoms with van der Waals surface area (Å²) in [5.41, 5.74) is -0.492. The number of hydrogen-bond acceptors (Lipinski definition) is 4. The second-order valence-corrected chi connectivity index (χ2v) is 5.56. The molecule has 1 heterocycles. The molecule has 0 unspecified atom stereocenters.